The summed E-state index contributed by atoms with van der Waals surface area (Å²) in [5.74, 6) is -1.95. The zero-order valence-electron chi connectivity index (χ0n) is 37.6. The lowest BCUT2D eigenvalue weighted by Gasteiger charge is -2.35. The van der Waals surface area contributed by atoms with E-state index < -0.39 is 17.9 Å². The number of carbonyl (C=O) groups excluding carboxylic acids is 4. The number of carboxylic acid groups (broad SMARTS) is 1. The van der Waals surface area contributed by atoms with Gasteiger partial charge in [0.1, 0.15) is 17.5 Å². The first-order valence-corrected chi connectivity index (χ1v) is 22.8. The van der Waals surface area contributed by atoms with Gasteiger partial charge in [-0.2, -0.15) is 5.10 Å². The van der Waals surface area contributed by atoms with E-state index in [1.165, 1.54) is 15.7 Å². The number of aryl methyl sites for hydroxylation is 3. The van der Waals surface area contributed by atoms with Crippen LogP contribution < -0.4 is 15.0 Å². The van der Waals surface area contributed by atoms with Crippen molar-refractivity contribution in [2.75, 3.05) is 57.8 Å². The van der Waals surface area contributed by atoms with Crippen LogP contribution in [0.2, 0.25) is 5.02 Å². The average molecular weight is 913 g/mol. The molecule has 342 valence electrons. The number of piperazine rings is 1. The lowest BCUT2D eigenvalue weighted by Crippen LogP contribution is -2.52. The predicted octanol–water partition coefficient (Wildman–Crippen LogP) is 6.22. The van der Waals surface area contributed by atoms with Crippen molar-refractivity contribution >= 4 is 68.6 Å². The van der Waals surface area contributed by atoms with Crippen LogP contribution in [-0.4, -0.2) is 123 Å². The molecule has 2 fully saturated rings. The van der Waals surface area contributed by atoms with Crippen LogP contribution in [0.1, 0.15) is 62.6 Å². The van der Waals surface area contributed by atoms with E-state index >= 15 is 0 Å². The number of imide groups is 1. The van der Waals surface area contributed by atoms with Crippen LogP contribution >= 0.6 is 11.6 Å². The summed E-state index contributed by atoms with van der Waals surface area (Å²) in [7, 11) is 3.97. The van der Waals surface area contributed by atoms with E-state index in [-0.39, 0.29) is 49.4 Å². The number of carbonyl (C=O) groups is 5. The number of nitrogens with zero attached hydrogens (tertiary/aromatic N) is 7. The maximum Gasteiger partial charge on any atom is 0.352 e. The van der Waals surface area contributed by atoms with Crippen LogP contribution in [0.25, 0.3) is 32.8 Å². The summed E-state index contributed by atoms with van der Waals surface area (Å²) >= 11 is 7.10. The normalized spacial score (nSPS) is 16.6. The smallest absolute Gasteiger partial charge is 0.352 e. The van der Waals surface area contributed by atoms with Gasteiger partial charge in [0.05, 0.1) is 22.8 Å². The van der Waals surface area contributed by atoms with Crippen molar-refractivity contribution < 1.29 is 33.8 Å². The summed E-state index contributed by atoms with van der Waals surface area (Å²) in [6.45, 7) is 7.55. The number of aromatic carboxylic acids is 1. The van der Waals surface area contributed by atoms with E-state index in [2.05, 4.69) is 52.5 Å². The standard InChI is InChI=1S/C50H53ClN8O7/c1-30-44(31(2)55(4)53-30)45-38(51)18-17-35-34(14-9-21-54(3)39-15-7-11-32-10-5-6-12-33(32)39)47(50(64)65)58(46(35)45)27-24-56-22-25-57(26-23-56)43(61)29-66-41-16-8-13-36-37(41)28-59(49(36)63)40-19-20-42(60)52-48(40)62/h5-8,10-13,15-18,40H,9,14,19-29H2,1-4H3,(H,64,65)(H,52,60,62). The summed E-state index contributed by atoms with van der Waals surface area (Å²) in [4.78, 5) is 72.3. The molecule has 15 nitrogen and oxygen atoms in total. The van der Waals surface area contributed by atoms with Crippen molar-refractivity contribution in [2.45, 2.75) is 58.7 Å². The van der Waals surface area contributed by atoms with Crippen LogP contribution in [0.4, 0.5) is 5.69 Å². The molecule has 2 aromatic heterocycles. The number of nitrogens with one attached hydrogen (secondary N) is 1. The van der Waals surface area contributed by atoms with Gasteiger partial charge in [-0.05, 0) is 68.3 Å². The topological polar surface area (TPSA) is 163 Å². The zero-order chi connectivity index (χ0) is 46.4. The Morgan fingerprint density at radius 2 is 1.68 bits per heavy atom. The van der Waals surface area contributed by atoms with Gasteiger partial charge in [0, 0.05) is 111 Å². The fraction of sp³-hybridized carbons (Fsp3) is 0.360. The highest BCUT2D eigenvalue weighted by Gasteiger charge is 2.40. The molecule has 66 heavy (non-hydrogen) atoms. The minimum Gasteiger partial charge on any atom is -0.483 e. The van der Waals surface area contributed by atoms with Crippen molar-refractivity contribution in [3.8, 4) is 16.9 Å². The highest BCUT2D eigenvalue weighted by molar-refractivity contribution is 6.35. The summed E-state index contributed by atoms with van der Waals surface area (Å²) in [6, 6.07) is 22.8. The van der Waals surface area contributed by atoms with Crippen molar-refractivity contribution in [1.82, 2.24) is 34.4 Å². The molecule has 0 radical (unpaired) electrons. The molecule has 0 aliphatic carbocycles. The van der Waals surface area contributed by atoms with Gasteiger partial charge in [-0.15, -0.1) is 0 Å². The van der Waals surface area contributed by atoms with Crippen LogP contribution in [0.5, 0.6) is 5.75 Å². The van der Waals surface area contributed by atoms with E-state index in [4.69, 9.17) is 21.4 Å². The minimum atomic E-state index is -1.00. The Bertz CT molecular complexity index is 2930. The number of carboxylic acids is 1. The summed E-state index contributed by atoms with van der Waals surface area (Å²) < 4.78 is 9.80. The minimum absolute atomic E-state index is 0.142. The SMILES string of the molecule is Cc1nn(C)c(C)c1-c1c(Cl)ccc2c(CCCN(C)c3cccc4ccccc34)c(C(=O)O)n(CCN3CCN(C(=O)COc4cccc5c4CN(C4CCC(=O)NC4=O)C5=O)CC3)c12. The molecule has 3 aliphatic heterocycles. The van der Waals surface area contributed by atoms with Gasteiger partial charge in [0.2, 0.25) is 11.8 Å². The fourth-order valence-electron chi connectivity index (χ4n) is 10.1. The van der Waals surface area contributed by atoms with Gasteiger partial charge in [0.25, 0.3) is 11.8 Å². The number of hydrogen-bond donors (Lipinski definition) is 2. The van der Waals surface area contributed by atoms with Crippen LogP contribution in [0.3, 0.4) is 0 Å². The van der Waals surface area contributed by atoms with Crippen molar-refractivity contribution in [2.24, 2.45) is 7.05 Å². The second kappa shape index (κ2) is 18.3. The second-order valence-electron chi connectivity index (χ2n) is 17.5. The summed E-state index contributed by atoms with van der Waals surface area (Å²) in [5.41, 5.74) is 7.33. The van der Waals surface area contributed by atoms with Gasteiger partial charge >= 0.3 is 5.97 Å². The Hall–Kier alpha value is -6.71. The van der Waals surface area contributed by atoms with Crippen molar-refractivity contribution in [3.05, 3.63) is 112 Å². The largest absolute Gasteiger partial charge is 0.483 e. The molecule has 1 atom stereocenters. The number of piperidine rings is 1. The number of fused-ring (bicyclic) bond motifs is 3. The number of ether oxygens (including phenoxy) is 1. The monoisotopic (exact) mass is 912 g/mol. The molecule has 4 aromatic carbocycles. The first kappa shape index (κ1) is 44.5. The second-order valence-corrected chi connectivity index (χ2v) is 17.9. The number of benzene rings is 4. The molecule has 16 heteroatoms. The molecule has 2 saturated heterocycles. The first-order valence-electron chi connectivity index (χ1n) is 22.5. The van der Waals surface area contributed by atoms with E-state index in [0.717, 1.165) is 44.7 Å². The van der Waals surface area contributed by atoms with Gasteiger partial charge in [-0.1, -0.05) is 60.1 Å². The predicted molar refractivity (Wildman–Crippen MR) is 252 cm³/mol. The Labute approximate surface area is 387 Å². The Morgan fingerprint density at radius 1 is 0.924 bits per heavy atom. The van der Waals surface area contributed by atoms with Gasteiger partial charge in [-0.3, -0.25) is 34.1 Å². The van der Waals surface area contributed by atoms with Gasteiger partial charge in [-0.25, -0.2) is 4.79 Å². The molecule has 0 bridgehead atoms. The number of hydrogen-bond acceptors (Lipinski definition) is 9. The van der Waals surface area contributed by atoms with Crippen LogP contribution in [0, 0.1) is 13.8 Å². The van der Waals surface area contributed by atoms with E-state index in [0.29, 0.717) is 80.6 Å². The maximum absolute atomic E-state index is 13.5. The Morgan fingerprint density at radius 3 is 2.42 bits per heavy atom. The third-order valence-electron chi connectivity index (χ3n) is 13.6. The molecule has 4 amide bonds. The van der Waals surface area contributed by atoms with E-state index in [9.17, 15) is 29.1 Å². The molecule has 5 heterocycles. The Kier molecular flexibility index (Phi) is 12.3. The first-order chi connectivity index (χ1) is 31.8. The number of anilines is 1. The van der Waals surface area contributed by atoms with Crippen LogP contribution in [-0.2, 0) is 40.9 Å². The van der Waals surface area contributed by atoms with Crippen molar-refractivity contribution in [1.29, 1.82) is 0 Å². The molecule has 1 unspecified atom stereocenters. The number of rotatable bonds is 14. The third-order valence-corrected chi connectivity index (χ3v) is 13.9. The molecule has 6 aromatic rings. The van der Waals surface area contributed by atoms with E-state index in [1.54, 1.807) is 23.1 Å². The lowest BCUT2D eigenvalue weighted by atomic mass is 9.98. The molecule has 9 rings (SSSR count). The highest BCUT2D eigenvalue weighted by Crippen LogP contribution is 2.42. The Balaban J connectivity index is 0.903. The van der Waals surface area contributed by atoms with E-state index in [1.807, 2.05) is 54.4 Å². The average Bonchev–Trinajstić information content (AvgIpc) is 3.90. The third kappa shape index (κ3) is 8.26. The maximum atomic E-state index is 13.5. The van der Waals surface area contributed by atoms with Crippen LogP contribution in [0.15, 0.2) is 72.8 Å². The molecule has 2 N–H and O–H groups in total. The molecular formula is C50H53ClN8O7. The molecular weight excluding hydrogens is 860 g/mol. The number of amides is 4. The molecule has 0 saturated carbocycles. The summed E-state index contributed by atoms with van der Waals surface area (Å²) in [5, 5.41) is 21.8. The highest BCUT2D eigenvalue weighted by atomic mass is 35.5. The summed E-state index contributed by atoms with van der Waals surface area (Å²) in [6.07, 6.45) is 1.66. The zero-order valence-corrected chi connectivity index (χ0v) is 38.4. The number of aromatic nitrogens is 3. The molecule has 0 spiro atoms. The van der Waals surface area contributed by atoms with Gasteiger partial charge < -0.3 is 29.1 Å². The van der Waals surface area contributed by atoms with Crippen molar-refractivity contribution in [3.63, 3.8) is 0 Å². The lowest BCUT2D eigenvalue weighted by molar-refractivity contribution is -0.137. The fourth-order valence-corrected chi connectivity index (χ4v) is 10.4. The molecule has 3 aliphatic rings. The van der Waals surface area contributed by atoms with Gasteiger partial charge in [0.15, 0.2) is 6.61 Å². The quantitative estimate of drug-likeness (QED) is 0.120. The number of halogens is 1.